The maximum atomic E-state index is 12.7. The molecule has 12 heavy (non-hydrogen) atoms. The van der Waals surface area contributed by atoms with E-state index in [1.165, 1.54) is 18.5 Å². The number of hydrogen-bond acceptors (Lipinski definition) is 2. The lowest BCUT2D eigenvalue weighted by atomic mass is 10.2. The number of halogens is 1. The number of nitrogens with one attached hydrogen (secondary N) is 1. The summed E-state index contributed by atoms with van der Waals surface area (Å²) in [6, 6.07) is 4.35. The molecule has 0 fully saturated rings. The van der Waals surface area contributed by atoms with Crippen molar-refractivity contribution in [2.24, 2.45) is 0 Å². The highest BCUT2D eigenvalue weighted by Gasteiger charge is 1.96. The molecule has 0 radical (unpaired) electrons. The summed E-state index contributed by atoms with van der Waals surface area (Å²) >= 11 is 4.95. The third kappa shape index (κ3) is 1.10. The molecule has 2 nitrogen and oxygen atoms in total. The van der Waals surface area contributed by atoms with Crippen LogP contribution in [0.5, 0.6) is 0 Å². The molecular formula is C8H5FN2S. The first kappa shape index (κ1) is 7.36. The molecule has 4 heteroatoms. The predicted molar refractivity (Wildman–Crippen MR) is 46.9 cm³/mol. The van der Waals surface area contributed by atoms with Crippen molar-refractivity contribution in [1.29, 1.82) is 0 Å². The fourth-order valence-electron chi connectivity index (χ4n) is 1.04. The summed E-state index contributed by atoms with van der Waals surface area (Å²) in [5, 5.41) is 0.646. The van der Waals surface area contributed by atoms with Gasteiger partial charge in [0.05, 0.1) is 11.8 Å². The normalized spacial score (nSPS) is 10.4. The second kappa shape index (κ2) is 2.64. The van der Waals surface area contributed by atoms with Crippen LogP contribution in [0.3, 0.4) is 0 Å². The van der Waals surface area contributed by atoms with E-state index in [1.54, 1.807) is 6.07 Å². The molecule has 1 N–H and O–H groups in total. The Hall–Kier alpha value is -1.29. The number of aromatic nitrogens is 2. The first-order valence-corrected chi connectivity index (χ1v) is 3.81. The fraction of sp³-hybridized carbons (Fsp3) is 0. The largest absolute Gasteiger partial charge is 0.337 e. The topological polar surface area (TPSA) is 28.7 Å². The van der Waals surface area contributed by atoms with E-state index < -0.39 is 0 Å². The number of aromatic amines is 1. The highest BCUT2D eigenvalue weighted by molar-refractivity contribution is 7.71. The third-order valence-electron chi connectivity index (χ3n) is 1.60. The summed E-state index contributed by atoms with van der Waals surface area (Å²) in [4.78, 5) is 6.73. The van der Waals surface area contributed by atoms with Gasteiger partial charge >= 0.3 is 0 Å². The molecule has 60 valence electrons. The third-order valence-corrected chi connectivity index (χ3v) is 1.94. The molecule has 2 rings (SSSR count). The quantitative estimate of drug-likeness (QED) is 0.631. The molecule has 0 unspecified atom stereocenters. The van der Waals surface area contributed by atoms with E-state index in [2.05, 4.69) is 9.97 Å². The summed E-state index contributed by atoms with van der Waals surface area (Å²) in [7, 11) is 0. The number of benzene rings is 1. The molecule has 1 heterocycles. The van der Waals surface area contributed by atoms with Crippen molar-refractivity contribution in [2.45, 2.75) is 0 Å². The molecule has 0 bridgehead atoms. The lowest BCUT2D eigenvalue weighted by Gasteiger charge is -1.95. The summed E-state index contributed by atoms with van der Waals surface area (Å²) in [5.74, 6) is -0.296. The molecule has 0 saturated heterocycles. The van der Waals surface area contributed by atoms with E-state index in [0.29, 0.717) is 15.5 Å². The standard InChI is InChI=1S/C8H5FN2S/c9-5-1-2-7-6(3-5)8(12)11-4-10-7/h1-4H,(H,10,11,12). The van der Waals surface area contributed by atoms with E-state index in [4.69, 9.17) is 12.2 Å². The van der Waals surface area contributed by atoms with Crippen molar-refractivity contribution in [3.05, 3.63) is 35.0 Å². The molecule has 0 amide bonds. The molecule has 0 aliphatic rings. The number of fused-ring (bicyclic) bond motifs is 1. The van der Waals surface area contributed by atoms with Crippen LogP contribution in [0, 0.1) is 10.5 Å². The molecule has 1 aromatic carbocycles. The Labute approximate surface area is 73.1 Å². The van der Waals surface area contributed by atoms with Crippen molar-refractivity contribution in [2.75, 3.05) is 0 Å². The minimum absolute atomic E-state index is 0.296. The predicted octanol–water partition coefficient (Wildman–Crippen LogP) is 2.43. The Kier molecular flexibility index (Phi) is 1.62. The van der Waals surface area contributed by atoms with Crippen molar-refractivity contribution in [3.8, 4) is 0 Å². The van der Waals surface area contributed by atoms with E-state index >= 15 is 0 Å². The van der Waals surface area contributed by atoms with E-state index in [0.717, 1.165) is 0 Å². The van der Waals surface area contributed by atoms with Crippen LogP contribution in [-0.4, -0.2) is 9.97 Å². The molecule has 0 saturated carbocycles. The Morgan fingerprint density at radius 2 is 2.25 bits per heavy atom. The molecule has 0 spiro atoms. The van der Waals surface area contributed by atoms with Crippen LogP contribution >= 0.6 is 12.2 Å². The maximum Gasteiger partial charge on any atom is 0.124 e. The summed E-state index contributed by atoms with van der Waals surface area (Å²) in [6.45, 7) is 0. The van der Waals surface area contributed by atoms with Gasteiger partial charge in [-0.2, -0.15) is 0 Å². The molecule has 2 aromatic rings. The van der Waals surface area contributed by atoms with Crippen molar-refractivity contribution in [3.63, 3.8) is 0 Å². The van der Waals surface area contributed by atoms with Gasteiger partial charge in [-0.1, -0.05) is 12.2 Å². The molecule has 0 aliphatic carbocycles. The Balaban J connectivity index is 2.98. The van der Waals surface area contributed by atoms with Crippen LogP contribution in [0.1, 0.15) is 0 Å². The maximum absolute atomic E-state index is 12.7. The van der Waals surface area contributed by atoms with Crippen molar-refractivity contribution < 1.29 is 4.39 Å². The van der Waals surface area contributed by atoms with Crippen LogP contribution in [0.15, 0.2) is 24.5 Å². The van der Waals surface area contributed by atoms with Gasteiger partial charge in [0.15, 0.2) is 0 Å². The van der Waals surface area contributed by atoms with Gasteiger partial charge in [0.25, 0.3) is 0 Å². The van der Waals surface area contributed by atoms with Crippen LogP contribution in [0.25, 0.3) is 10.9 Å². The SMILES string of the molecule is Fc1ccc2nc[nH]c(=S)c2c1. The van der Waals surface area contributed by atoms with E-state index in [9.17, 15) is 4.39 Å². The minimum atomic E-state index is -0.296. The first-order valence-electron chi connectivity index (χ1n) is 3.40. The zero-order chi connectivity index (χ0) is 8.55. The number of rotatable bonds is 0. The number of hydrogen-bond donors (Lipinski definition) is 1. The lowest BCUT2D eigenvalue weighted by molar-refractivity contribution is 0.629. The Morgan fingerprint density at radius 1 is 1.42 bits per heavy atom. The Morgan fingerprint density at radius 3 is 3.08 bits per heavy atom. The monoisotopic (exact) mass is 180 g/mol. The van der Waals surface area contributed by atoms with Crippen LogP contribution in [0.4, 0.5) is 4.39 Å². The van der Waals surface area contributed by atoms with Crippen LogP contribution < -0.4 is 0 Å². The minimum Gasteiger partial charge on any atom is -0.337 e. The van der Waals surface area contributed by atoms with Crippen molar-refractivity contribution >= 4 is 23.1 Å². The fourth-order valence-corrected chi connectivity index (χ4v) is 1.26. The second-order valence-electron chi connectivity index (χ2n) is 2.39. The molecular weight excluding hydrogens is 175 g/mol. The van der Waals surface area contributed by atoms with Gasteiger partial charge in [-0.05, 0) is 18.2 Å². The summed E-state index contributed by atoms with van der Waals surface area (Å²) in [5.41, 5.74) is 0.708. The van der Waals surface area contributed by atoms with Gasteiger partial charge in [0.1, 0.15) is 10.5 Å². The van der Waals surface area contributed by atoms with Crippen molar-refractivity contribution in [1.82, 2.24) is 9.97 Å². The molecule has 0 aliphatic heterocycles. The van der Waals surface area contributed by atoms with Gasteiger partial charge in [-0.3, -0.25) is 0 Å². The second-order valence-corrected chi connectivity index (χ2v) is 2.80. The summed E-state index contributed by atoms with van der Waals surface area (Å²) in [6.07, 6.45) is 1.50. The molecule has 0 atom stereocenters. The average Bonchev–Trinajstić information content (AvgIpc) is 2.07. The van der Waals surface area contributed by atoms with Gasteiger partial charge in [-0.15, -0.1) is 0 Å². The molecule has 1 aromatic heterocycles. The first-order chi connectivity index (χ1) is 5.77. The zero-order valence-electron chi connectivity index (χ0n) is 6.04. The lowest BCUT2D eigenvalue weighted by Crippen LogP contribution is -1.83. The van der Waals surface area contributed by atoms with Crippen LogP contribution in [-0.2, 0) is 0 Å². The van der Waals surface area contributed by atoms with Gasteiger partial charge < -0.3 is 4.98 Å². The van der Waals surface area contributed by atoms with Gasteiger partial charge in [-0.25, -0.2) is 9.37 Å². The van der Waals surface area contributed by atoms with E-state index in [1.807, 2.05) is 0 Å². The number of nitrogens with zero attached hydrogens (tertiary/aromatic N) is 1. The highest BCUT2D eigenvalue weighted by Crippen LogP contribution is 2.12. The number of H-pyrrole nitrogens is 1. The van der Waals surface area contributed by atoms with Crippen LogP contribution in [0.2, 0.25) is 0 Å². The van der Waals surface area contributed by atoms with Gasteiger partial charge in [0, 0.05) is 5.39 Å². The average molecular weight is 180 g/mol. The Bertz CT molecular complexity index is 478. The van der Waals surface area contributed by atoms with Gasteiger partial charge in [0.2, 0.25) is 0 Å². The smallest absolute Gasteiger partial charge is 0.124 e. The van der Waals surface area contributed by atoms with E-state index in [-0.39, 0.29) is 5.82 Å². The zero-order valence-corrected chi connectivity index (χ0v) is 6.86. The summed E-state index contributed by atoms with van der Waals surface area (Å²) < 4.78 is 13.2. The highest BCUT2D eigenvalue weighted by atomic mass is 32.1.